The van der Waals surface area contributed by atoms with Gasteiger partial charge >= 0.3 is 12.1 Å². The first-order valence-corrected chi connectivity index (χ1v) is 26.5. The summed E-state index contributed by atoms with van der Waals surface area (Å²) in [6.45, 7) is 34.9. The van der Waals surface area contributed by atoms with E-state index >= 15 is 0 Å². The van der Waals surface area contributed by atoms with Gasteiger partial charge in [0.1, 0.15) is 17.3 Å². The molecule has 0 aromatic heterocycles. The summed E-state index contributed by atoms with van der Waals surface area (Å²) < 4.78 is 17.5. The number of amides is 1. The maximum atomic E-state index is 13.5. The minimum absolute atomic E-state index is 0.0827. The molecule has 11 heteroatoms. The summed E-state index contributed by atoms with van der Waals surface area (Å²) in [6, 6.07) is 0.167. The molecule has 0 aliphatic heterocycles. The fourth-order valence-electron chi connectivity index (χ4n) is 12.6. The van der Waals surface area contributed by atoms with Crippen LogP contribution in [0.2, 0.25) is 0 Å². The zero-order valence-electron chi connectivity index (χ0n) is 45.0. The lowest BCUT2D eigenvalue weighted by molar-refractivity contribution is -0.151. The normalized spacial score (nSPS) is 27.5. The fraction of sp³-hybridized carbons (Fsp3) is 0.891. The third kappa shape index (κ3) is 16.7. The Labute approximate surface area is 403 Å². The van der Waals surface area contributed by atoms with Crippen LogP contribution in [0.4, 0.5) is 4.79 Å². The van der Waals surface area contributed by atoms with E-state index in [-0.39, 0.29) is 29.9 Å². The number of carbonyl (C=O) groups excluding carboxylic acids is 2. The van der Waals surface area contributed by atoms with Gasteiger partial charge in [0.2, 0.25) is 0 Å². The van der Waals surface area contributed by atoms with Crippen molar-refractivity contribution in [1.82, 2.24) is 15.5 Å². The van der Waals surface area contributed by atoms with E-state index in [1.54, 1.807) is 5.57 Å². The summed E-state index contributed by atoms with van der Waals surface area (Å²) in [5.74, 6) is 5.11. The number of ether oxygens (including phenoxy) is 3. The number of nitrogens with one attached hydrogen (secondary N) is 3. The van der Waals surface area contributed by atoms with E-state index in [1.165, 1.54) is 51.4 Å². The molecule has 4 rings (SSSR count). The zero-order valence-corrected chi connectivity index (χ0v) is 45.0. The molecule has 4 aliphatic rings. The summed E-state index contributed by atoms with van der Waals surface area (Å²) in [7, 11) is 0. The van der Waals surface area contributed by atoms with Gasteiger partial charge in [-0.3, -0.25) is 10.2 Å². The monoisotopic (exact) mass is 925 g/mol. The Morgan fingerprint density at radius 2 is 1.55 bits per heavy atom. The maximum absolute atomic E-state index is 13.5. The molecule has 380 valence electrons. The smallest absolute Gasteiger partial charge is 0.408 e. The van der Waals surface area contributed by atoms with Crippen LogP contribution in [0.3, 0.4) is 0 Å². The predicted octanol–water partition coefficient (Wildman–Crippen LogP) is 12.4. The molecule has 8 atom stereocenters. The second kappa shape index (κ2) is 23.2. The van der Waals surface area contributed by atoms with Gasteiger partial charge in [-0.2, -0.15) is 0 Å². The van der Waals surface area contributed by atoms with E-state index in [0.29, 0.717) is 37.2 Å². The first kappa shape index (κ1) is 55.8. The standard InChI is InChI=1S/C55H100N6O5/c1-38(2)19-18-20-39(3)43-23-24-44-42-22-21-40-37-41(27-29-54(40,14)45(42)28-30-55(43,44)15)64-47(62)26-25-46(56)61(36-32-53(12,13)59-48(57)65-50(4,5)6)35-17-16-33-58-34-31-52(10,11)60-49(63)66-51(7,8)9/h21,38-39,41-45,56,58H,16-20,22-37H2,1-15H3,(H2,57,59)(H,60,63)/t39-,41+,42+,43-,44+,45+,54+,55-/m1/s1. The number of hydrogen-bond donors (Lipinski definition) is 4. The van der Waals surface area contributed by atoms with Gasteiger partial charge < -0.3 is 35.5 Å². The summed E-state index contributed by atoms with van der Waals surface area (Å²) in [4.78, 5) is 32.6. The lowest BCUT2D eigenvalue weighted by Crippen LogP contribution is -2.51. The van der Waals surface area contributed by atoms with Gasteiger partial charge in [0, 0.05) is 31.5 Å². The average molecular weight is 925 g/mol. The van der Waals surface area contributed by atoms with Gasteiger partial charge in [0.05, 0.1) is 17.8 Å². The van der Waals surface area contributed by atoms with E-state index in [9.17, 15) is 15.0 Å². The highest BCUT2D eigenvalue weighted by Gasteiger charge is 2.59. The lowest BCUT2D eigenvalue weighted by Gasteiger charge is -2.58. The molecule has 0 saturated heterocycles. The fourth-order valence-corrected chi connectivity index (χ4v) is 12.6. The topological polar surface area (TPSA) is 151 Å². The molecule has 1 amide bonds. The minimum Gasteiger partial charge on any atom is -0.462 e. The maximum Gasteiger partial charge on any atom is 0.408 e. The van der Waals surface area contributed by atoms with Gasteiger partial charge in [-0.15, -0.1) is 0 Å². The Balaban J connectivity index is 1.28. The van der Waals surface area contributed by atoms with Crippen LogP contribution >= 0.6 is 0 Å². The Morgan fingerprint density at radius 1 is 0.848 bits per heavy atom. The molecule has 0 spiro atoms. The molecule has 0 unspecified atom stereocenters. The number of carbonyl (C=O) groups is 2. The van der Waals surface area contributed by atoms with Gasteiger partial charge in [-0.1, -0.05) is 65.5 Å². The first-order chi connectivity index (χ1) is 30.5. The van der Waals surface area contributed by atoms with Crippen molar-refractivity contribution >= 4 is 23.9 Å². The van der Waals surface area contributed by atoms with Crippen LogP contribution in [0.15, 0.2) is 16.6 Å². The molecule has 3 saturated carbocycles. The molecule has 0 heterocycles. The van der Waals surface area contributed by atoms with Crippen LogP contribution in [0.1, 0.15) is 213 Å². The van der Waals surface area contributed by atoms with E-state index in [1.807, 2.05) is 69.2 Å². The SMILES string of the molecule is CC(C)CCC[C@@H](C)[C@H]1CC[C@H]2[C@@H]3CC=C4C[C@@H](OC(=O)CCC(=N)N(CCCCNCCC(C)(C)NC(=O)OC(C)(C)C)CCC(C)(C)N=C(N)OC(C)(C)C)CC[C@]4(C)[C@H]3CC[C@]12C. The lowest BCUT2D eigenvalue weighted by atomic mass is 9.47. The van der Waals surface area contributed by atoms with Crippen molar-refractivity contribution in [2.75, 3.05) is 26.2 Å². The van der Waals surface area contributed by atoms with E-state index in [4.69, 9.17) is 24.9 Å². The number of rotatable bonds is 22. The summed E-state index contributed by atoms with van der Waals surface area (Å²) in [5.41, 5.74) is 6.54. The van der Waals surface area contributed by atoms with Gasteiger partial charge in [0.15, 0.2) is 0 Å². The number of hydrogen-bond acceptors (Lipinski definition) is 8. The van der Waals surface area contributed by atoms with Crippen molar-refractivity contribution in [1.29, 1.82) is 5.41 Å². The number of aliphatic imine (C=N–C) groups is 1. The summed E-state index contributed by atoms with van der Waals surface area (Å²) in [6.07, 6.45) is 19.6. The highest BCUT2D eigenvalue weighted by molar-refractivity contribution is 5.83. The molecular weight excluding hydrogens is 825 g/mol. The van der Waals surface area contributed by atoms with Crippen molar-refractivity contribution in [3.63, 3.8) is 0 Å². The molecule has 0 aromatic carbocycles. The predicted molar refractivity (Wildman–Crippen MR) is 273 cm³/mol. The number of alkyl carbamates (subject to hydrolysis) is 1. The molecular formula is C55H100N6O5. The number of esters is 1. The van der Waals surface area contributed by atoms with Crippen LogP contribution < -0.4 is 16.4 Å². The third-order valence-electron chi connectivity index (χ3n) is 16.1. The highest BCUT2D eigenvalue weighted by Crippen LogP contribution is 2.67. The molecule has 0 bridgehead atoms. The van der Waals surface area contributed by atoms with E-state index < -0.39 is 28.4 Å². The number of allylic oxidation sites excluding steroid dienone is 1. The van der Waals surface area contributed by atoms with Crippen LogP contribution in [-0.2, 0) is 19.0 Å². The number of amidine groups is 2. The zero-order chi connectivity index (χ0) is 49.3. The highest BCUT2D eigenvalue weighted by atomic mass is 16.6. The van der Waals surface area contributed by atoms with Crippen LogP contribution in [0.25, 0.3) is 0 Å². The van der Waals surface area contributed by atoms with Gasteiger partial charge in [-0.05, 0) is 199 Å². The number of unbranched alkanes of at least 4 members (excludes halogenated alkanes) is 1. The number of nitrogens with two attached hydrogens (primary N) is 1. The van der Waals surface area contributed by atoms with Gasteiger partial charge in [0.25, 0.3) is 6.02 Å². The molecule has 5 N–H and O–H groups in total. The van der Waals surface area contributed by atoms with Crippen LogP contribution in [-0.4, -0.2) is 83.4 Å². The molecule has 11 nitrogen and oxygen atoms in total. The average Bonchev–Trinajstić information content (AvgIpc) is 3.53. The van der Waals surface area contributed by atoms with Crippen molar-refractivity contribution < 1.29 is 23.8 Å². The molecule has 0 aromatic rings. The van der Waals surface area contributed by atoms with Crippen molar-refractivity contribution in [2.45, 2.75) is 241 Å². The molecule has 66 heavy (non-hydrogen) atoms. The van der Waals surface area contributed by atoms with E-state index in [0.717, 1.165) is 87.1 Å². The van der Waals surface area contributed by atoms with Crippen molar-refractivity contribution in [3.05, 3.63) is 11.6 Å². The minimum atomic E-state index is -0.540. The van der Waals surface area contributed by atoms with E-state index in [2.05, 4.69) is 56.2 Å². The molecule has 0 radical (unpaired) electrons. The number of nitrogens with zero attached hydrogens (tertiary/aromatic N) is 2. The Kier molecular flexibility index (Phi) is 19.6. The second-order valence-electron chi connectivity index (χ2n) is 25.5. The molecule has 4 aliphatic carbocycles. The second-order valence-corrected chi connectivity index (χ2v) is 25.5. The summed E-state index contributed by atoms with van der Waals surface area (Å²) >= 11 is 0. The van der Waals surface area contributed by atoms with Crippen molar-refractivity contribution in [3.8, 4) is 0 Å². The quantitative estimate of drug-likeness (QED) is 0.0275. The van der Waals surface area contributed by atoms with Crippen LogP contribution in [0, 0.1) is 51.7 Å². The molecule has 3 fully saturated rings. The first-order valence-electron chi connectivity index (χ1n) is 26.5. The Hall–Kier alpha value is -2.82. The summed E-state index contributed by atoms with van der Waals surface area (Å²) in [5, 5.41) is 15.7. The largest absolute Gasteiger partial charge is 0.462 e. The van der Waals surface area contributed by atoms with Crippen LogP contribution in [0.5, 0.6) is 0 Å². The Bertz CT molecular complexity index is 1660. The number of fused-ring (bicyclic) bond motifs is 5. The third-order valence-corrected chi connectivity index (χ3v) is 16.1. The van der Waals surface area contributed by atoms with Gasteiger partial charge in [-0.25, -0.2) is 9.79 Å². The van der Waals surface area contributed by atoms with Crippen molar-refractivity contribution in [2.24, 2.45) is 57.1 Å². The Morgan fingerprint density at radius 3 is 2.21 bits per heavy atom.